The molecule has 6 heteroatoms. The summed E-state index contributed by atoms with van der Waals surface area (Å²) < 4.78 is 16.5. The highest BCUT2D eigenvalue weighted by Crippen LogP contribution is 2.36. The van der Waals surface area contributed by atoms with Crippen molar-refractivity contribution in [3.63, 3.8) is 0 Å². The maximum absolute atomic E-state index is 12.5. The Hall–Kier alpha value is -2.40. The molecule has 0 radical (unpaired) electrons. The third-order valence-electron chi connectivity index (χ3n) is 3.42. The lowest BCUT2D eigenvalue weighted by Gasteiger charge is -2.14. The van der Waals surface area contributed by atoms with Crippen molar-refractivity contribution in [3.05, 3.63) is 47.0 Å². The number of carbonyl (C=O) groups excluding carboxylic acids is 1. The van der Waals surface area contributed by atoms with Gasteiger partial charge in [0.1, 0.15) is 5.75 Å². The predicted octanol–water partition coefficient (Wildman–Crippen LogP) is 3.76. The number of halogens is 1. The number of amides is 1. The molecule has 0 saturated carbocycles. The summed E-state index contributed by atoms with van der Waals surface area (Å²) in [6, 6.07) is 10.2. The number of anilines is 1. The molecule has 0 aromatic heterocycles. The van der Waals surface area contributed by atoms with Crippen LogP contribution in [0.5, 0.6) is 17.2 Å². The van der Waals surface area contributed by atoms with Gasteiger partial charge < -0.3 is 19.5 Å². The van der Waals surface area contributed by atoms with Crippen LogP contribution in [0.15, 0.2) is 36.4 Å². The lowest BCUT2D eigenvalue weighted by Crippen LogP contribution is -2.13. The van der Waals surface area contributed by atoms with Crippen LogP contribution in [0.3, 0.4) is 0 Å². The van der Waals surface area contributed by atoms with Crippen LogP contribution in [0.1, 0.15) is 16.8 Å². The van der Waals surface area contributed by atoms with Crippen LogP contribution in [-0.4, -0.2) is 26.2 Å². The minimum absolute atomic E-state index is 0.292. The summed E-state index contributed by atoms with van der Waals surface area (Å²) in [5.74, 6) is 1.27. The van der Waals surface area contributed by atoms with E-state index < -0.39 is 0 Å². The second kappa shape index (κ2) is 6.79. The van der Waals surface area contributed by atoms with Crippen molar-refractivity contribution in [2.24, 2.45) is 0 Å². The van der Waals surface area contributed by atoms with Crippen LogP contribution in [-0.2, 0) is 0 Å². The van der Waals surface area contributed by atoms with Gasteiger partial charge in [-0.3, -0.25) is 4.79 Å². The van der Waals surface area contributed by atoms with E-state index in [4.69, 9.17) is 25.8 Å². The van der Waals surface area contributed by atoms with Crippen molar-refractivity contribution in [1.82, 2.24) is 0 Å². The molecule has 1 aliphatic rings. The molecule has 2 aromatic rings. The predicted molar refractivity (Wildman–Crippen MR) is 88.0 cm³/mol. The van der Waals surface area contributed by atoms with E-state index in [2.05, 4.69) is 5.32 Å². The second-order valence-corrected chi connectivity index (χ2v) is 5.45. The minimum Gasteiger partial charge on any atom is -0.496 e. The summed E-state index contributed by atoms with van der Waals surface area (Å²) in [6.07, 6.45) is 0.795. The van der Waals surface area contributed by atoms with E-state index in [0.29, 0.717) is 46.7 Å². The van der Waals surface area contributed by atoms with Gasteiger partial charge in [0.15, 0.2) is 11.5 Å². The Balaban J connectivity index is 1.89. The quantitative estimate of drug-likeness (QED) is 0.929. The SMILES string of the molecule is COc1cc2c(cc1C(=O)Nc1ccc(Cl)cc1)OCCCO2. The Morgan fingerprint density at radius 2 is 1.78 bits per heavy atom. The number of carbonyl (C=O) groups is 1. The summed E-state index contributed by atoms with van der Waals surface area (Å²) in [7, 11) is 1.51. The molecule has 0 saturated heterocycles. The smallest absolute Gasteiger partial charge is 0.259 e. The van der Waals surface area contributed by atoms with Crippen LogP contribution >= 0.6 is 11.6 Å². The van der Waals surface area contributed by atoms with E-state index in [1.807, 2.05) is 0 Å². The molecule has 120 valence electrons. The first-order valence-electron chi connectivity index (χ1n) is 7.22. The zero-order chi connectivity index (χ0) is 16.2. The van der Waals surface area contributed by atoms with Gasteiger partial charge in [-0.05, 0) is 24.3 Å². The summed E-state index contributed by atoms with van der Waals surface area (Å²) in [6.45, 7) is 1.13. The molecule has 3 rings (SSSR count). The zero-order valence-electron chi connectivity index (χ0n) is 12.6. The average molecular weight is 334 g/mol. The fraction of sp³-hybridized carbons (Fsp3) is 0.235. The van der Waals surface area contributed by atoms with Crippen LogP contribution in [0, 0.1) is 0 Å². The third kappa shape index (κ3) is 3.51. The van der Waals surface area contributed by atoms with Crippen molar-refractivity contribution in [1.29, 1.82) is 0 Å². The molecule has 0 fully saturated rings. The zero-order valence-corrected chi connectivity index (χ0v) is 13.4. The maximum Gasteiger partial charge on any atom is 0.259 e. The number of methoxy groups -OCH3 is 1. The number of benzene rings is 2. The van der Waals surface area contributed by atoms with E-state index in [-0.39, 0.29) is 5.91 Å². The first-order chi connectivity index (χ1) is 11.2. The average Bonchev–Trinajstić information content (AvgIpc) is 2.80. The molecule has 0 atom stereocenters. The molecule has 1 amide bonds. The van der Waals surface area contributed by atoms with Gasteiger partial charge in [-0.25, -0.2) is 0 Å². The molecule has 0 unspecified atom stereocenters. The summed E-state index contributed by atoms with van der Waals surface area (Å²) in [5.41, 5.74) is 1.03. The van der Waals surface area contributed by atoms with Gasteiger partial charge in [0.2, 0.25) is 0 Å². The minimum atomic E-state index is -0.292. The molecular weight excluding hydrogens is 318 g/mol. The maximum atomic E-state index is 12.5. The molecule has 0 spiro atoms. The van der Waals surface area contributed by atoms with Gasteiger partial charge in [-0.15, -0.1) is 0 Å². The normalized spacial score (nSPS) is 13.1. The van der Waals surface area contributed by atoms with Crippen molar-refractivity contribution in [3.8, 4) is 17.2 Å². The standard InChI is InChI=1S/C17H16ClNO4/c1-21-14-10-16-15(22-7-2-8-23-16)9-13(14)17(20)19-12-5-3-11(18)4-6-12/h3-6,9-10H,2,7-8H2,1H3,(H,19,20). The Morgan fingerprint density at radius 3 is 2.43 bits per heavy atom. The molecular formula is C17H16ClNO4. The highest BCUT2D eigenvalue weighted by Gasteiger charge is 2.20. The van der Waals surface area contributed by atoms with Crippen LogP contribution in [0.2, 0.25) is 5.02 Å². The second-order valence-electron chi connectivity index (χ2n) is 5.01. The van der Waals surface area contributed by atoms with Gasteiger partial charge in [0.25, 0.3) is 5.91 Å². The molecule has 2 aromatic carbocycles. The van der Waals surface area contributed by atoms with Crippen molar-refractivity contribution in [2.75, 3.05) is 25.6 Å². The Kier molecular flexibility index (Phi) is 4.57. The first kappa shape index (κ1) is 15.5. The number of rotatable bonds is 3. The molecule has 0 aliphatic carbocycles. The molecule has 0 bridgehead atoms. The van der Waals surface area contributed by atoms with E-state index in [0.717, 1.165) is 6.42 Å². The topological polar surface area (TPSA) is 56.8 Å². The van der Waals surface area contributed by atoms with Gasteiger partial charge in [-0.2, -0.15) is 0 Å². The summed E-state index contributed by atoms with van der Waals surface area (Å²) >= 11 is 5.84. The number of hydrogen-bond acceptors (Lipinski definition) is 4. The van der Waals surface area contributed by atoms with Gasteiger partial charge in [0, 0.05) is 29.3 Å². The fourth-order valence-corrected chi connectivity index (χ4v) is 2.39. The lowest BCUT2D eigenvalue weighted by atomic mass is 10.1. The van der Waals surface area contributed by atoms with E-state index in [1.54, 1.807) is 36.4 Å². The van der Waals surface area contributed by atoms with Gasteiger partial charge >= 0.3 is 0 Å². The lowest BCUT2D eigenvalue weighted by molar-refractivity contribution is 0.102. The van der Waals surface area contributed by atoms with Crippen molar-refractivity contribution >= 4 is 23.2 Å². The Labute approximate surface area is 139 Å². The highest BCUT2D eigenvalue weighted by molar-refractivity contribution is 6.30. The number of hydrogen-bond donors (Lipinski definition) is 1. The molecule has 5 nitrogen and oxygen atoms in total. The van der Waals surface area contributed by atoms with Crippen molar-refractivity contribution in [2.45, 2.75) is 6.42 Å². The van der Waals surface area contributed by atoms with Crippen LogP contribution in [0.4, 0.5) is 5.69 Å². The largest absolute Gasteiger partial charge is 0.496 e. The van der Waals surface area contributed by atoms with E-state index in [9.17, 15) is 4.79 Å². The Bertz CT molecular complexity index is 715. The third-order valence-corrected chi connectivity index (χ3v) is 3.67. The molecule has 1 heterocycles. The van der Waals surface area contributed by atoms with Gasteiger partial charge in [0.05, 0.1) is 25.9 Å². The molecule has 23 heavy (non-hydrogen) atoms. The molecule has 1 N–H and O–H groups in total. The van der Waals surface area contributed by atoms with Crippen molar-refractivity contribution < 1.29 is 19.0 Å². The van der Waals surface area contributed by atoms with E-state index >= 15 is 0 Å². The fourth-order valence-electron chi connectivity index (χ4n) is 2.27. The summed E-state index contributed by atoms with van der Waals surface area (Å²) in [4.78, 5) is 12.5. The Morgan fingerprint density at radius 1 is 1.13 bits per heavy atom. The monoisotopic (exact) mass is 333 g/mol. The van der Waals surface area contributed by atoms with E-state index in [1.165, 1.54) is 7.11 Å². The van der Waals surface area contributed by atoms with Crippen LogP contribution in [0.25, 0.3) is 0 Å². The number of fused-ring (bicyclic) bond motifs is 1. The van der Waals surface area contributed by atoms with Crippen LogP contribution < -0.4 is 19.5 Å². The summed E-state index contributed by atoms with van der Waals surface area (Å²) in [5, 5.41) is 3.42. The highest BCUT2D eigenvalue weighted by atomic mass is 35.5. The number of nitrogens with one attached hydrogen (secondary N) is 1. The molecule has 1 aliphatic heterocycles. The first-order valence-corrected chi connectivity index (χ1v) is 7.60. The van der Waals surface area contributed by atoms with Gasteiger partial charge in [-0.1, -0.05) is 11.6 Å². The number of ether oxygens (including phenoxy) is 3.